The average Bonchev–Trinajstić information content (AvgIpc) is 3.10. The molecule has 3 aromatic rings. The third kappa shape index (κ3) is 3.89. The molecule has 0 bridgehead atoms. The van der Waals surface area contributed by atoms with Crippen molar-refractivity contribution < 1.29 is 9.53 Å². The van der Waals surface area contributed by atoms with E-state index in [2.05, 4.69) is 11.1 Å². The molecule has 6 heteroatoms. The molecule has 1 heterocycles. The molecule has 2 aromatic carbocycles. The largest absolute Gasteiger partial charge is 0.497 e. The predicted octanol–water partition coefficient (Wildman–Crippen LogP) is 5.34. The Morgan fingerprint density at radius 1 is 1.15 bits per heavy atom. The second-order valence-corrected chi connectivity index (χ2v) is 7.06. The summed E-state index contributed by atoms with van der Waals surface area (Å²) in [4.78, 5) is 18.8. The molecule has 3 rings (SSSR count). The fourth-order valence-corrected chi connectivity index (χ4v) is 3.75. The van der Waals surface area contributed by atoms with Gasteiger partial charge in [0.25, 0.3) is 0 Å². The van der Waals surface area contributed by atoms with Crippen LogP contribution in [0.5, 0.6) is 5.75 Å². The van der Waals surface area contributed by atoms with E-state index < -0.39 is 0 Å². The lowest BCUT2D eigenvalue weighted by Gasteiger charge is -2.20. The minimum atomic E-state index is -0.202. The maximum absolute atomic E-state index is 12.5. The molecule has 0 unspecified atom stereocenters. The van der Waals surface area contributed by atoms with Crippen LogP contribution in [-0.4, -0.2) is 23.9 Å². The number of benzene rings is 2. The highest BCUT2D eigenvalue weighted by Crippen LogP contribution is 2.33. The van der Waals surface area contributed by atoms with E-state index >= 15 is 0 Å². The second-order valence-electron chi connectivity index (χ2n) is 5.95. The topological polar surface area (TPSA) is 42.4 Å². The first-order valence-electron chi connectivity index (χ1n) is 8.09. The van der Waals surface area contributed by atoms with Crippen LogP contribution in [0.3, 0.4) is 0 Å². The Bertz CT molecular complexity index is 902. The van der Waals surface area contributed by atoms with Gasteiger partial charge in [0.1, 0.15) is 11.6 Å². The molecule has 0 radical (unpaired) electrons. The van der Waals surface area contributed by atoms with Crippen molar-refractivity contribution in [2.75, 3.05) is 17.9 Å². The molecule has 1 amide bonds. The smallest absolute Gasteiger partial charge is 0.248 e. The van der Waals surface area contributed by atoms with Gasteiger partial charge < -0.3 is 4.74 Å². The Morgan fingerprint density at radius 2 is 1.81 bits per heavy atom. The number of aryl methyl sites for hydroxylation is 2. The number of methoxy groups -OCH3 is 1. The summed E-state index contributed by atoms with van der Waals surface area (Å²) < 4.78 is 5.19. The van der Waals surface area contributed by atoms with Crippen molar-refractivity contribution in [2.24, 2.45) is 0 Å². The second kappa shape index (κ2) is 7.89. The van der Waals surface area contributed by atoms with Gasteiger partial charge in [-0.1, -0.05) is 6.07 Å². The summed E-state index contributed by atoms with van der Waals surface area (Å²) in [5, 5.41) is 2.54. The van der Waals surface area contributed by atoms with Gasteiger partial charge in [0.2, 0.25) is 5.91 Å². The van der Waals surface area contributed by atoms with Gasteiger partial charge in [-0.25, -0.2) is 4.98 Å². The fourth-order valence-electron chi connectivity index (χ4n) is 2.76. The van der Waals surface area contributed by atoms with Crippen LogP contribution in [0, 0.1) is 13.8 Å². The molecular formula is C20H19ClN2O2S. The van der Waals surface area contributed by atoms with Gasteiger partial charge in [0.15, 0.2) is 5.13 Å². The first kappa shape index (κ1) is 18.4. The summed E-state index contributed by atoms with van der Waals surface area (Å²) in [7, 11) is 1.63. The summed E-state index contributed by atoms with van der Waals surface area (Å²) in [6, 6.07) is 13.7. The first-order valence-corrected chi connectivity index (χ1v) is 9.50. The Kier molecular flexibility index (Phi) is 5.59. The highest BCUT2D eigenvalue weighted by Gasteiger charge is 2.21. The van der Waals surface area contributed by atoms with Gasteiger partial charge in [0.05, 0.1) is 18.5 Å². The summed E-state index contributed by atoms with van der Waals surface area (Å²) in [6.45, 7) is 4.01. The van der Waals surface area contributed by atoms with Gasteiger partial charge in [-0.2, -0.15) is 0 Å². The molecule has 0 aliphatic heterocycles. The van der Waals surface area contributed by atoms with Crippen LogP contribution in [0.15, 0.2) is 47.8 Å². The fraction of sp³-hybridized carbons (Fsp3) is 0.200. The van der Waals surface area contributed by atoms with Gasteiger partial charge in [-0.05, 0) is 61.4 Å². The lowest BCUT2D eigenvalue weighted by atomic mass is 10.1. The number of alkyl halides is 1. The first-order chi connectivity index (χ1) is 12.5. The number of thiazole rings is 1. The minimum Gasteiger partial charge on any atom is -0.497 e. The Hall–Kier alpha value is -2.37. The molecule has 134 valence electrons. The number of amides is 1. The van der Waals surface area contributed by atoms with Crippen LogP contribution in [0.25, 0.3) is 11.3 Å². The molecule has 4 nitrogen and oxygen atoms in total. The van der Waals surface area contributed by atoms with Crippen LogP contribution < -0.4 is 9.64 Å². The Morgan fingerprint density at radius 3 is 2.38 bits per heavy atom. The Balaban J connectivity index is 2.00. The van der Waals surface area contributed by atoms with Crippen LogP contribution in [0.1, 0.15) is 11.1 Å². The number of hydrogen-bond acceptors (Lipinski definition) is 4. The number of halogens is 1. The molecule has 26 heavy (non-hydrogen) atoms. The SMILES string of the molecule is COc1ccc(-c2csc(N(C(=O)CCl)c3cc(C)cc(C)c3)n2)cc1. The molecular weight excluding hydrogens is 368 g/mol. The number of nitrogens with zero attached hydrogens (tertiary/aromatic N) is 2. The van der Waals surface area contributed by atoms with Crippen molar-refractivity contribution in [1.82, 2.24) is 4.98 Å². The lowest BCUT2D eigenvalue weighted by molar-refractivity contribution is -0.115. The number of ether oxygens (including phenoxy) is 1. The Labute approximate surface area is 162 Å². The quantitative estimate of drug-likeness (QED) is 0.556. The minimum absolute atomic E-state index is 0.107. The van der Waals surface area contributed by atoms with E-state index in [-0.39, 0.29) is 11.8 Å². The van der Waals surface area contributed by atoms with Crippen molar-refractivity contribution in [1.29, 1.82) is 0 Å². The number of carbonyl (C=O) groups excluding carboxylic acids is 1. The van der Waals surface area contributed by atoms with E-state index in [0.717, 1.165) is 33.8 Å². The van der Waals surface area contributed by atoms with E-state index in [0.29, 0.717) is 5.13 Å². The summed E-state index contributed by atoms with van der Waals surface area (Å²) in [5.41, 5.74) is 4.72. The zero-order chi connectivity index (χ0) is 18.7. The zero-order valence-corrected chi connectivity index (χ0v) is 16.4. The number of aromatic nitrogens is 1. The van der Waals surface area contributed by atoms with Gasteiger partial charge >= 0.3 is 0 Å². The van der Waals surface area contributed by atoms with Gasteiger partial charge in [-0.3, -0.25) is 9.69 Å². The highest BCUT2D eigenvalue weighted by molar-refractivity contribution is 7.14. The number of hydrogen-bond donors (Lipinski definition) is 0. The van der Waals surface area contributed by atoms with E-state index in [1.807, 2.05) is 55.6 Å². The molecule has 0 atom stereocenters. The summed E-state index contributed by atoms with van der Waals surface area (Å²) >= 11 is 7.27. The van der Waals surface area contributed by atoms with Crippen molar-refractivity contribution in [3.63, 3.8) is 0 Å². The molecule has 1 aromatic heterocycles. The summed E-state index contributed by atoms with van der Waals surface area (Å²) in [6.07, 6.45) is 0. The number of carbonyl (C=O) groups is 1. The third-order valence-electron chi connectivity index (χ3n) is 3.90. The zero-order valence-electron chi connectivity index (χ0n) is 14.8. The standard InChI is InChI=1S/C20H19ClN2O2S/c1-13-8-14(2)10-16(9-13)23(19(24)11-21)20-22-18(12-26-20)15-4-6-17(25-3)7-5-15/h4-10,12H,11H2,1-3H3. The molecule has 0 saturated carbocycles. The van der Waals surface area contributed by atoms with Crippen molar-refractivity contribution in [2.45, 2.75) is 13.8 Å². The third-order valence-corrected chi connectivity index (χ3v) is 4.95. The molecule has 0 aliphatic carbocycles. The van der Waals surface area contributed by atoms with E-state index in [1.165, 1.54) is 11.3 Å². The van der Waals surface area contributed by atoms with E-state index in [4.69, 9.17) is 16.3 Å². The molecule has 0 fully saturated rings. The van der Waals surface area contributed by atoms with Crippen molar-refractivity contribution in [3.05, 3.63) is 59.0 Å². The van der Waals surface area contributed by atoms with Gasteiger partial charge in [-0.15, -0.1) is 22.9 Å². The molecule has 0 spiro atoms. The molecule has 0 N–H and O–H groups in total. The lowest BCUT2D eigenvalue weighted by Crippen LogP contribution is -2.27. The average molecular weight is 387 g/mol. The number of anilines is 2. The van der Waals surface area contributed by atoms with Gasteiger partial charge in [0, 0.05) is 10.9 Å². The molecule has 0 aliphatic rings. The summed E-state index contributed by atoms with van der Waals surface area (Å²) in [5.74, 6) is 0.482. The van der Waals surface area contributed by atoms with Crippen LogP contribution in [0.2, 0.25) is 0 Å². The van der Waals surface area contributed by atoms with Crippen LogP contribution in [-0.2, 0) is 4.79 Å². The maximum Gasteiger partial charge on any atom is 0.248 e. The van der Waals surface area contributed by atoms with Crippen molar-refractivity contribution >= 4 is 39.7 Å². The highest BCUT2D eigenvalue weighted by atomic mass is 35.5. The monoisotopic (exact) mass is 386 g/mol. The van der Waals surface area contributed by atoms with Crippen LogP contribution >= 0.6 is 22.9 Å². The van der Waals surface area contributed by atoms with E-state index in [1.54, 1.807) is 12.0 Å². The normalized spacial score (nSPS) is 10.6. The number of rotatable bonds is 5. The maximum atomic E-state index is 12.5. The van der Waals surface area contributed by atoms with Crippen LogP contribution in [0.4, 0.5) is 10.8 Å². The van der Waals surface area contributed by atoms with E-state index in [9.17, 15) is 4.79 Å². The molecule has 0 saturated heterocycles. The van der Waals surface area contributed by atoms with Crippen molar-refractivity contribution in [3.8, 4) is 17.0 Å². The predicted molar refractivity (Wildman–Crippen MR) is 108 cm³/mol.